The van der Waals surface area contributed by atoms with Crippen molar-refractivity contribution in [1.82, 2.24) is 9.97 Å². The van der Waals surface area contributed by atoms with Gasteiger partial charge < -0.3 is 4.98 Å². The molecule has 4 nitrogen and oxygen atoms in total. The van der Waals surface area contributed by atoms with Crippen molar-refractivity contribution in [3.8, 4) is 28.5 Å². The summed E-state index contributed by atoms with van der Waals surface area (Å²) in [4.78, 5) is 19.1. The highest BCUT2D eigenvalue weighted by Gasteiger charge is 2.16. The van der Waals surface area contributed by atoms with E-state index in [1.165, 1.54) is 23.9 Å². The van der Waals surface area contributed by atoms with E-state index in [2.05, 4.69) is 9.97 Å². The van der Waals surface area contributed by atoms with Crippen LogP contribution in [0.1, 0.15) is 5.56 Å². The van der Waals surface area contributed by atoms with Gasteiger partial charge in [0.05, 0.1) is 5.69 Å². The highest BCUT2D eigenvalue weighted by atomic mass is 32.2. The molecule has 0 saturated heterocycles. The third kappa shape index (κ3) is 2.94. The Kier molecular flexibility index (Phi) is 4.45. The molecule has 3 aromatic rings. The first-order chi connectivity index (χ1) is 11.6. The number of benzene rings is 2. The van der Waals surface area contributed by atoms with Gasteiger partial charge in [-0.3, -0.25) is 4.79 Å². The van der Waals surface area contributed by atoms with Crippen LogP contribution in [0.4, 0.5) is 4.39 Å². The van der Waals surface area contributed by atoms with Gasteiger partial charge in [0.15, 0.2) is 5.16 Å². The van der Waals surface area contributed by atoms with Gasteiger partial charge in [0.2, 0.25) is 0 Å². The van der Waals surface area contributed by atoms with Gasteiger partial charge in [0.25, 0.3) is 5.56 Å². The van der Waals surface area contributed by atoms with E-state index in [0.29, 0.717) is 27.5 Å². The molecular formula is C18H12FN3OS. The summed E-state index contributed by atoms with van der Waals surface area (Å²) in [5, 5.41) is 9.77. The standard InChI is InChI=1S/C18H12FN3OS/c1-24-18-21-16(15(10-20)17(23)22-18)14-8-3-2-7-13(14)11-5-4-6-12(19)9-11/h2-9H,1H3,(H,21,22,23). The molecule has 0 saturated carbocycles. The fraction of sp³-hybridized carbons (Fsp3) is 0.0556. The van der Waals surface area contributed by atoms with Crippen molar-refractivity contribution in [3.63, 3.8) is 0 Å². The molecule has 0 aliphatic carbocycles. The van der Waals surface area contributed by atoms with Gasteiger partial charge in [0.1, 0.15) is 17.4 Å². The highest BCUT2D eigenvalue weighted by molar-refractivity contribution is 7.98. The third-order valence-electron chi connectivity index (χ3n) is 3.52. The molecule has 0 fully saturated rings. The van der Waals surface area contributed by atoms with Crippen LogP contribution in [0, 0.1) is 17.1 Å². The van der Waals surface area contributed by atoms with Crippen LogP contribution >= 0.6 is 11.8 Å². The van der Waals surface area contributed by atoms with Crippen LogP contribution < -0.4 is 5.56 Å². The van der Waals surface area contributed by atoms with Crippen molar-refractivity contribution < 1.29 is 4.39 Å². The summed E-state index contributed by atoms with van der Waals surface area (Å²) in [7, 11) is 0. The number of nitriles is 1. The van der Waals surface area contributed by atoms with Crippen molar-refractivity contribution in [2.45, 2.75) is 5.16 Å². The number of hydrogen-bond acceptors (Lipinski definition) is 4. The van der Waals surface area contributed by atoms with Gasteiger partial charge >= 0.3 is 0 Å². The first-order valence-corrected chi connectivity index (χ1v) is 8.30. The summed E-state index contributed by atoms with van der Waals surface area (Å²) in [5.74, 6) is -0.355. The molecule has 118 valence electrons. The Morgan fingerprint density at radius 2 is 1.92 bits per heavy atom. The van der Waals surface area contributed by atoms with Crippen molar-refractivity contribution >= 4 is 11.8 Å². The van der Waals surface area contributed by atoms with Crippen LogP contribution in [0.5, 0.6) is 0 Å². The number of aromatic nitrogens is 2. The molecule has 0 atom stereocenters. The minimum atomic E-state index is -0.485. The maximum atomic E-state index is 13.6. The zero-order valence-electron chi connectivity index (χ0n) is 12.7. The van der Waals surface area contributed by atoms with E-state index < -0.39 is 5.56 Å². The van der Waals surface area contributed by atoms with E-state index >= 15 is 0 Å². The molecule has 6 heteroatoms. The monoisotopic (exact) mass is 337 g/mol. The highest BCUT2D eigenvalue weighted by Crippen LogP contribution is 2.32. The zero-order valence-corrected chi connectivity index (χ0v) is 13.5. The predicted molar refractivity (Wildman–Crippen MR) is 92.2 cm³/mol. The second-order valence-electron chi connectivity index (χ2n) is 4.97. The number of nitrogens with one attached hydrogen (secondary N) is 1. The SMILES string of the molecule is CSc1nc(-c2ccccc2-c2cccc(F)c2)c(C#N)c(=O)[nH]1. The fourth-order valence-corrected chi connectivity index (χ4v) is 2.82. The van der Waals surface area contributed by atoms with E-state index in [-0.39, 0.29) is 11.4 Å². The van der Waals surface area contributed by atoms with Crippen LogP contribution in [0.2, 0.25) is 0 Å². The molecule has 0 bridgehead atoms. The molecule has 2 aromatic carbocycles. The van der Waals surface area contributed by atoms with Gasteiger partial charge in [-0.2, -0.15) is 5.26 Å². The molecule has 1 aromatic heterocycles. The second kappa shape index (κ2) is 6.69. The molecule has 1 N–H and O–H groups in total. The van der Waals surface area contributed by atoms with Crippen molar-refractivity contribution in [3.05, 3.63) is 70.3 Å². The Morgan fingerprint density at radius 1 is 1.17 bits per heavy atom. The van der Waals surface area contributed by atoms with Crippen LogP contribution in [-0.2, 0) is 0 Å². The van der Waals surface area contributed by atoms with E-state index in [9.17, 15) is 14.4 Å². The largest absolute Gasteiger partial charge is 0.300 e. The molecule has 24 heavy (non-hydrogen) atoms. The van der Waals surface area contributed by atoms with E-state index in [1.807, 2.05) is 18.2 Å². The lowest BCUT2D eigenvalue weighted by molar-refractivity contribution is 0.628. The van der Waals surface area contributed by atoms with E-state index in [1.54, 1.807) is 30.5 Å². The maximum absolute atomic E-state index is 13.6. The first kappa shape index (κ1) is 16.0. The Hall–Kier alpha value is -2.91. The van der Waals surface area contributed by atoms with E-state index in [0.717, 1.165) is 0 Å². The number of H-pyrrole nitrogens is 1. The van der Waals surface area contributed by atoms with Crippen molar-refractivity contribution in [2.75, 3.05) is 6.26 Å². The lowest BCUT2D eigenvalue weighted by Gasteiger charge is -2.11. The molecule has 3 rings (SSSR count). The molecular weight excluding hydrogens is 325 g/mol. The molecule has 0 unspecified atom stereocenters. The Balaban J connectivity index is 2.31. The number of halogens is 1. The summed E-state index contributed by atoms with van der Waals surface area (Å²) >= 11 is 1.28. The maximum Gasteiger partial charge on any atom is 0.270 e. The first-order valence-electron chi connectivity index (χ1n) is 7.08. The van der Waals surface area contributed by atoms with Gasteiger partial charge in [-0.1, -0.05) is 48.2 Å². The molecule has 0 aliphatic heterocycles. The smallest absolute Gasteiger partial charge is 0.270 e. The normalized spacial score (nSPS) is 10.4. The van der Waals surface area contributed by atoms with Gasteiger partial charge in [0, 0.05) is 5.56 Å². The molecule has 0 spiro atoms. The second-order valence-corrected chi connectivity index (χ2v) is 5.76. The lowest BCUT2D eigenvalue weighted by Crippen LogP contribution is -2.14. The Labute approximate surface area is 142 Å². The van der Waals surface area contributed by atoms with Crippen LogP contribution in [0.15, 0.2) is 58.5 Å². The Morgan fingerprint density at radius 3 is 2.58 bits per heavy atom. The fourth-order valence-electron chi connectivity index (χ4n) is 2.45. The number of hydrogen-bond donors (Lipinski definition) is 1. The molecule has 0 radical (unpaired) electrons. The topological polar surface area (TPSA) is 69.5 Å². The molecule has 1 heterocycles. The third-order valence-corrected chi connectivity index (χ3v) is 4.10. The Bertz CT molecular complexity index is 1010. The molecule has 0 aliphatic rings. The van der Waals surface area contributed by atoms with Crippen molar-refractivity contribution in [1.29, 1.82) is 5.26 Å². The molecule has 0 amide bonds. The quantitative estimate of drug-likeness (QED) is 0.582. The summed E-state index contributed by atoms with van der Waals surface area (Å²) < 4.78 is 13.6. The minimum absolute atomic E-state index is 0.0587. The summed E-state index contributed by atoms with van der Waals surface area (Å²) in [6.07, 6.45) is 1.78. The van der Waals surface area contributed by atoms with Gasteiger partial charge in [-0.05, 0) is 29.5 Å². The number of thioether (sulfide) groups is 1. The minimum Gasteiger partial charge on any atom is -0.300 e. The lowest BCUT2D eigenvalue weighted by atomic mass is 9.96. The summed E-state index contributed by atoms with van der Waals surface area (Å²) in [6.45, 7) is 0. The zero-order chi connectivity index (χ0) is 17.1. The average molecular weight is 337 g/mol. The van der Waals surface area contributed by atoms with Crippen LogP contribution in [0.25, 0.3) is 22.4 Å². The van der Waals surface area contributed by atoms with Gasteiger partial charge in [-0.15, -0.1) is 0 Å². The van der Waals surface area contributed by atoms with Gasteiger partial charge in [-0.25, -0.2) is 9.37 Å². The number of rotatable bonds is 3. The van der Waals surface area contributed by atoms with E-state index in [4.69, 9.17) is 0 Å². The van der Waals surface area contributed by atoms with Crippen LogP contribution in [0.3, 0.4) is 0 Å². The average Bonchev–Trinajstić information content (AvgIpc) is 2.61. The number of nitrogens with zero attached hydrogens (tertiary/aromatic N) is 2. The summed E-state index contributed by atoms with van der Waals surface area (Å²) in [6, 6.07) is 15.3. The van der Waals surface area contributed by atoms with Crippen molar-refractivity contribution in [2.24, 2.45) is 0 Å². The number of aromatic amines is 1. The predicted octanol–water partition coefficient (Wildman–Crippen LogP) is 3.84. The van der Waals surface area contributed by atoms with Crippen LogP contribution in [-0.4, -0.2) is 16.2 Å². The summed E-state index contributed by atoms with van der Waals surface area (Å²) in [5.41, 5.74) is 1.73.